The Morgan fingerprint density at radius 3 is 2.67 bits per heavy atom. The number of halogens is 1. The molecule has 1 aromatic rings. The van der Waals surface area contributed by atoms with Gasteiger partial charge in [0.1, 0.15) is 11.2 Å². The van der Waals surface area contributed by atoms with Crippen LogP contribution in [-0.2, 0) is 10.3 Å². The molecule has 0 radical (unpaired) electrons. The predicted molar refractivity (Wildman–Crippen MR) is 53.9 cm³/mol. The number of hydrogen-bond donors (Lipinski definition) is 1. The van der Waals surface area contributed by atoms with E-state index in [1.54, 1.807) is 6.07 Å². The van der Waals surface area contributed by atoms with Gasteiger partial charge in [-0.15, -0.1) is 0 Å². The fraction of sp³-hybridized carbons (Fsp3) is 0.143. The average molecular weight is 248 g/mol. The molecule has 0 bridgehead atoms. The van der Waals surface area contributed by atoms with E-state index in [1.165, 1.54) is 12.1 Å². The zero-order valence-corrected chi connectivity index (χ0v) is 9.12. The van der Waals surface area contributed by atoms with Gasteiger partial charge in [0.2, 0.25) is 0 Å². The van der Waals surface area contributed by atoms with Gasteiger partial charge >= 0.3 is 10.3 Å². The van der Waals surface area contributed by atoms with Gasteiger partial charge in [0.05, 0.1) is 5.69 Å². The molecule has 0 aliphatic carbocycles. The molecule has 0 saturated carbocycles. The van der Waals surface area contributed by atoms with E-state index < -0.39 is 10.3 Å². The van der Waals surface area contributed by atoms with Crippen molar-refractivity contribution in [3.05, 3.63) is 23.0 Å². The largest absolute Gasteiger partial charge is 0.359 e. The summed E-state index contributed by atoms with van der Waals surface area (Å²) in [5, 5.41) is 8.75. The molecule has 0 aliphatic rings. The Hall–Kier alpha value is -1.36. The maximum Gasteiger partial charge on any atom is 0.359 e. The van der Waals surface area contributed by atoms with Crippen molar-refractivity contribution < 1.29 is 13.0 Å². The lowest BCUT2D eigenvalue weighted by Crippen LogP contribution is -2.26. The van der Waals surface area contributed by atoms with Crippen molar-refractivity contribution in [3.63, 3.8) is 0 Å². The third-order valence-corrected chi connectivity index (χ3v) is 2.73. The van der Waals surface area contributed by atoms with Gasteiger partial charge < -0.3 is 0 Å². The van der Waals surface area contributed by atoms with Crippen LogP contribution in [0.25, 0.3) is 0 Å². The van der Waals surface area contributed by atoms with Crippen LogP contribution in [0, 0.1) is 11.3 Å². The molecule has 0 spiro atoms. The summed E-state index contributed by atoms with van der Waals surface area (Å²) in [7, 11) is -3.30. The molecule has 80 valence electrons. The maximum absolute atomic E-state index is 10.8. The SMILES string of the molecule is CN(c1ccc(Cl)nc1C#N)S(=O)(=O)O. The van der Waals surface area contributed by atoms with E-state index in [2.05, 4.69) is 4.98 Å². The molecule has 0 unspecified atom stereocenters. The van der Waals surface area contributed by atoms with Crippen LogP contribution in [0.15, 0.2) is 12.1 Å². The number of nitriles is 1. The van der Waals surface area contributed by atoms with E-state index in [9.17, 15) is 8.42 Å². The first-order valence-corrected chi connectivity index (χ1v) is 5.41. The monoisotopic (exact) mass is 247 g/mol. The van der Waals surface area contributed by atoms with E-state index in [-0.39, 0.29) is 16.5 Å². The molecule has 8 heteroatoms. The van der Waals surface area contributed by atoms with Crippen molar-refractivity contribution in [3.8, 4) is 6.07 Å². The number of nitrogens with zero attached hydrogens (tertiary/aromatic N) is 3. The summed E-state index contributed by atoms with van der Waals surface area (Å²) in [6.45, 7) is 0. The highest BCUT2D eigenvalue weighted by molar-refractivity contribution is 7.87. The number of aromatic nitrogens is 1. The zero-order valence-electron chi connectivity index (χ0n) is 7.55. The highest BCUT2D eigenvalue weighted by atomic mass is 35.5. The van der Waals surface area contributed by atoms with Crippen LogP contribution < -0.4 is 4.31 Å². The van der Waals surface area contributed by atoms with Crippen LogP contribution in [-0.4, -0.2) is 25.0 Å². The summed E-state index contributed by atoms with van der Waals surface area (Å²) in [5.41, 5.74) is -0.216. The molecule has 0 fully saturated rings. The molecule has 1 aromatic heterocycles. The Morgan fingerprint density at radius 1 is 1.60 bits per heavy atom. The molecule has 1 rings (SSSR count). The van der Waals surface area contributed by atoms with E-state index in [4.69, 9.17) is 21.4 Å². The van der Waals surface area contributed by atoms with Crippen LogP contribution in [0.5, 0.6) is 0 Å². The first kappa shape index (κ1) is 11.7. The third kappa shape index (κ3) is 2.56. The van der Waals surface area contributed by atoms with Gasteiger partial charge in [0, 0.05) is 7.05 Å². The van der Waals surface area contributed by atoms with Gasteiger partial charge in [0.15, 0.2) is 5.69 Å². The highest BCUT2D eigenvalue weighted by Gasteiger charge is 2.18. The first-order valence-electron chi connectivity index (χ1n) is 3.64. The molecular formula is C7H6ClN3O3S. The molecular weight excluding hydrogens is 242 g/mol. The summed E-state index contributed by atoms with van der Waals surface area (Å²) in [6.07, 6.45) is 0. The summed E-state index contributed by atoms with van der Waals surface area (Å²) in [4.78, 5) is 3.61. The van der Waals surface area contributed by atoms with Gasteiger partial charge in [0.25, 0.3) is 0 Å². The molecule has 0 aromatic carbocycles. The lowest BCUT2D eigenvalue weighted by Gasteiger charge is -2.15. The molecule has 0 saturated heterocycles. The van der Waals surface area contributed by atoms with Crippen molar-refractivity contribution in [2.45, 2.75) is 0 Å². The Morgan fingerprint density at radius 2 is 2.20 bits per heavy atom. The summed E-state index contributed by atoms with van der Waals surface area (Å²) in [6, 6.07) is 4.27. The zero-order chi connectivity index (χ0) is 11.6. The van der Waals surface area contributed by atoms with Crippen LogP contribution >= 0.6 is 11.6 Å². The Kier molecular flexibility index (Phi) is 3.14. The summed E-state index contributed by atoms with van der Waals surface area (Å²) < 4.78 is 30.9. The second kappa shape index (κ2) is 4.02. The lowest BCUT2D eigenvalue weighted by atomic mass is 10.3. The van der Waals surface area contributed by atoms with Crippen molar-refractivity contribution in [1.29, 1.82) is 5.26 Å². The van der Waals surface area contributed by atoms with Gasteiger partial charge in [-0.3, -0.25) is 4.55 Å². The second-order valence-corrected chi connectivity index (χ2v) is 4.39. The van der Waals surface area contributed by atoms with Gasteiger partial charge in [-0.25, -0.2) is 9.29 Å². The van der Waals surface area contributed by atoms with Gasteiger partial charge in [-0.1, -0.05) is 11.6 Å². The van der Waals surface area contributed by atoms with E-state index >= 15 is 0 Å². The Balaban J connectivity index is 3.34. The minimum atomic E-state index is -4.40. The summed E-state index contributed by atoms with van der Waals surface area (Å²) >= 11 is 5.52. The standard InChI is InChI=1S/C7H6ClN3O3S/c1-11(15(12,13)14)6-2-3-7(8)10-5(6)4-9/h2-3H,1H3,(H,12,13,14). The normalized spacial score (nSPS) is 10.8. The number of hydrogen-bond acceptors (Lipinski definition) is 4. The van der Waals surface area contributed by atoms with Crippen molar-refractivity contribution >= 4 is 27.6 Å². The Labute approximate surface area is 91.6 Å². The molecule has 0 amide bonds. The quantitative estimate of drug-likeness (QED) is 0.617. The van der Waals surface area contributed by atoms with Crippen LogP contribution in [0.3, 0.4) is 0 Å². The van der Waals surface area contributed by atoms with Crippen LogP contribution in [0.2, 0.25) is 5.15 Å². The molecule has 15 heavy (non-hydrogen) atoms. The first-order chi connectivity index (χ1) is 6.86. The fourth-order valence-electron chi connectivity index (χ4n) is 0.889. The van der Waals surface area contributed by atoms with Crippen LogP contribution in [0.1, 0.15) is 5.69 Å². The maximum atomic E-state index is 10.8. The van der Waals surface area contributed by atoms with E-state index in [0.29, 0.717) is 4.31 Å². The summed E-state index contributed by atoms with van der Waals surface area (Å²) in [5.74, 6) is 0. The van der Waals surface area contributed by atoms with Crippen LogP contribution in [0.4, 0.5) is 5.69 Å². The molecule has 6 nitrogen and oxygen atoms in total. The molecule has 1 heterocycles. The van der Waals surface area contributed by atoms with Crippen molar-refractivity contribution in [1.82, 2.24) is 4.98 Å². The Bertz CT molecular complexity index is 523. The third-order valence-electron chi connectivity index (χ3n) is 1.63. The lowest BCUT2D eigenvalue weighted by molar-refractivity contribution is 0.481. The second-order valence-electron chi connectivity index (χ2n) is 2.56. The number of anilines is 1. The average Bonchev–Trinajstić information content (AvgIpc) is 2.15. The fourth-order valence-corrected chi connectivity index (χ4v) is 1.43. The van der Waals surface area contributed by atoms with E-state index in [1.807, 2.05) is 0 Å². The smallest absolute Gasteiger partial charge is 0.269 e. The minimum absolute atomic E-state index is 0.0376. The topological polar surface area (TPSA) is 94.3 Å². The number of pyridine rings is 1. The van der Waals surface area contributed by atoms with Crippen molar-refractivity contribution in [2.24, 2.45) is 0 Å². The van der Waals surface area contributed by atoms with Gasteiger partial charge in [-0.05, 0) is 12.1 Å². The molecule has 0 aliphatic heterocycles. The minimum Gasteiger partial charge on any atom is -0.269 e. The van der Waals surface area contributed by atoms with Crippen molar-refractivity contribution in [2.75, 3.05) is 11.4 Å². The predicted octanol–water partition coefficient (Wildman–Crippen LogP) is 0.846. The number of rotatable bonds is 2. The van der Waals surface area contributed by atoms with Gasteiger partial charge in [-0.2, -0.15) is 13.7 Å². The molecule has 0 atom stereocenters. The molecule has 1 N–H and O–H groups in total. The van der Waals surface area contributed by atoms with E-state index in [0.717, 1.165) is 7.05 Å². The highest BCUT2D eigenvalue weighted by Crippen LogP contribution is 2.21.